The monoisotopic (exact) mass is 211 g/mol. The smallest absolute Gasteiger partial charge is 0.407 e. The van der Waals surface area contributed by atoms with Crippen molar-refractivity contribution in [1.29, 1.82) is 0 Å². The van der Waals surface area contributed by atoms with Gasteiger partial charge in [0.15, 0.2) is 0 Å². The topological polar surface area (TPSA) is 38.3 Å². The quantitative estimate of drug-likeness (QED) is 0.726. The fourth-order valence-corrected chi connectivity index (χ4v) is 1.78. The summed E-state index contributed by atoms with van der Waals surface area (Å²) < 4.78 is 5.25. The molecule has 3 heteroatoms. The molecule has 1 aliphatic rings. The fourth-order valence-electron chi connectivity index (χ4n) is 1.78. The molecule has 0 aromatic heterocycles. The minimum absolute atomic E-state index is 0.00218. The molecule has 0 saturated carbocycles. The van der Waals surface area contributed by atoms with Crippen molar-refractivity contribution in [3.05, 3.63) is 11.6 Å². The molecular weight excluding hydrogens is 190 g/mol. The lowest BCUT2D eigenvalue weighted by Crippen LogP contribution is -2.37. The number of hydrogen-bond acceptors (Lipinski definition) is 2. The summed E-state index contributed by atoms with van der Waals surface area (Å²) in [7, 11) is 0. The van der Waals surface area contributed by atoms with Crippen molar-refractivity contribution in [2.45, 2.75) is 52.7 Å². The second-order valence-corrected chi connectivity index (χ2v) is 4.52. The number of cyclic esters (lactones) is 1. The lowest BCUT2D eigenvalue weighted by molar-refractivity contribution is 0.125. The van der Waals surface area contributed by atoms with E-state index in [1.807, 2.05) is 0 Å². The van der Waals surface area contributed by atoms with Gasteiger partial charge in [-0.3, -0.25) is 0 Å². The Hall–Kier alpha value is -0.990. The van der Waals surface area contributed by atoms with Crippen LogP contribution in [0.2, 0.25) is 0 Å². The van der Waals surface area contributed by atoms with E-state index in [9.17, 15) is 4.79 Å². The molecule has 0 radical (unpaired) electrons. The summed E-state index contributed by atoms with van der Waals surface area (Å²) in [6.45, 7) is 8.40. The van der Waals surface area contributed by atoms with Crippen molar-refractivity contribution < 1.29 is 9.53 Å². The van der Waals surface area contributed by atoms with Crippen molar-refractivity contribution >= 4 is 6.09 Å². The predicted molar refractivity (Wildman–Crippen MR) is 60.7 cm³/mol. The van der Waals surface area contributed by atoms with Crippen molar-refractivity contribution in [1.82, 2.24) is 5.32 Å². The Morgan fingerprint density at radius 3 is 2.80 bits per heavy atom. The first-order valence-electron chi connectivity index (χ1n) is 5.65. The molecule has 1 rings (SSSR count). The predicted octanol–water partition coefficient (Wildman–Crippen LogP) is 2.87. The van der Waals surface area contributed by atoms with Gasteiger partial charge in [-0.15, -0.1) is 0 Å². The molecule has 15 heavy (non-hydrogen) atoms. The van der Waals surface area contributed by atoms with Crippen molar-refractivity contribution in [3.8, 4) is 0 Å². The van der Waals surface area contributed by atoms with Crippen molar-refractivity contribution in [3.63, 3.8) is 0 Å². The molecule has 0 bridgehead atoms. The number of rotatable bonds is 4. The van der Waals surface area contributed by atoms with E-state index in [1.54, 1.807) is 0 Å². The largest absolute Gasteiger partial charge is 0.444 e. The van der Waals surface area contributed by atoms with Crippen LogP contribution in [0.4, 0.5) is 4.79 Å². The maximum absolute atomic E-state index is 11.2. The Kier molecular flexibility index (Phi) is 4.18. The van der Waals surface area contributed by atoms with Gasteiger partial charge in [0.1, 0.15) is 6.10 Å². The molecule has 1 fully saturated rings. The van der Waals surface area contributed by atoms with Gasteiger partial charge in [-0.2, -0.15) is 0 Å². The number of nitrogens with one attached hydrogen (secondary N) is 1. The summed E-state index contributed by atoms with van der Waals surface area (Å²) in [5.41, 5.74) is 1.26. The number of ether oxygens (including phenoxy) is 1. The van der Waals surface area contributed by atoms with E-state index < -0.39 is 0 Å². The Labute approximate surface area is 91.9 Å². The Balaban J connectivity index is 2.60. The third-order valence-corrected chi connectivity index (χ3v) is 2.96. The summed E-state index contributed by atoms with van der Waals surface area (Å²) in [5, 5.41) is 2.89. The molecule has 1 N–H and O–H groups in total. The van der Waals surface area contributed by atoms with Gasteiger partial charge in [-0.25, -0.2) is 4.79 Å². The van der Waals surface area contributed by atoms with E-state index >= 15 is 0 Å². The summed E-state index contributed by atoms with van der Waals surface area (Å²) >= 11 is 0. The van der Waals surface area contributed by atoms with E-state index in [0.717, 1.165) is 12.8 Å². The van der Waals surface area contributed by atoms with Crippen LogP contribution >= 0.6 is 0 Å². The fraction of sp³-hybridized carbons (Fsp3) is 0.750. The van der Waals surface area contributed by atoms with Gasteiger partial charge >= 0.3 is 6.09 Å². The number of allylic oxidation sites excluding steroid dienone is 1. The van der Waals surface area contributed by atoms with Crippen LogP contribution in [0, 0.1) is 5.92 Å². The zero-order valence-electron chi connectivity index (χ0n) is 10.0. The van der Waals surface area contributed by atoms with Gasteiger partial charge in [0.05, 0.1) is 6.04 Å². The highest BCUT2D eigenvalue weighted by Gasteiger charge is 2.35. The molecule has 1 heterocycles. The Bertz CT molecular complexity index is 256. The van der Waals surface area contributed by atoms with Crippen LogP contribution in [0.3, 0.4) is 0 Å². The first-order chi connectivity index (χ1) is 7.04. The molecule has 0 aliphatic carbocycles. The normalized spacial score (nSPS) is 26.8. The highest BCUT2D eigenvalue weighted by Crippen LogP contribution is 2.22. The van der Waals surface area contributed by atoms with Crippen molar-refractivity contribution in [2.75, 3.05) is 0 Å². The average Bonchev–Trinajstić information content (AvgIpc) is 2.55. The molecule has 0 aromatic carbocycles. The SMILES string of the molecule is CCC(C)[C@@H]1NC(=O)O[C@@H]1CC=C(C)C. The second-order valence-electron chi connectivity index (χ2n) is 4.52. The molecule has 1 unspecified atom stereocenters. The van der Waals surface area contributed by atoms with Crippen molar-refractivity contribution in [2.24, 2.45) is 5.92 Å². The van der Waals surface area contributed by atoms with Gasteiger partial charge in [-0.05, 0) is 19.8 Å². The number of hydrogen-bond donors (Lipinski definition) is 1. The molecule has 1 aliphatic heterocycles. The van der Waals surface area contributed by atoms with Crippen LogP contribution in [0.5, 0.6) is 0 Å². The molecule has 3 nitrogen and oxygen atoms in total. The van der Waals surface area contributed by atoms with E-state index in [1.165, 1.54) is 5.57 Å². The highest BCUT2D eigenvalue weighted by atomic mass is 16.6. The molecule has 1 saturated heterocycles. The minimum atomic E-state index is -0.271. The van der Waals surface area contributed by atoms with Gasteiger partial charge < -0.3 is 10.1 Å². The van der Waals surface area contributed by atoms with Crippen LogP contribution in [-0.2, 0) is 4.74 Å². The standard InChI is InChI=1S/C12H21NO2/c1-5-9(4)11-10(7-6-8(2)3)15-12(14)13-11/h6,9-11H,5,7H2,1-4H3,(H,13,14)/t9?,10-,11+/m1/s1. The molecular formula is C12H21NO2. The summed E-state index contributed by atoms with van der Waals surface area (Å²) in [6, 6.07) is 0.165. The van der Waals surface area contributed by atoms with E-state index in [2.05, 4.69) is 39.1 Å². The van der Waals surface area contributed by atoms with Gasteiger partial charge in [0.2, 0.25) is 0 Å². The van der Waals surface area contributed by atoms with Gasteiger partial charge in [0.25, 0.3) is 0 Å². The Morgan fingerprint density at radius 2 is 2.27 bits per heavy atom. The van der Waals surface area contributed by atoms with Crippen LogP contribution in [0.1, 0.15) is 40.5 Å². The summed E-state index contributed by atoms with van der Waals surface area (Å²) in [5.74, 6) is 0.465. The van der Waals surface area contributed by atoms with E-state index in [-0.39, 0.29) is 18.2 Å². The Morgan fingerprint density at radius 1 is 1.60 bits per heavy atom. The van der Waals surface area contributed by atoms with Crippen LogP contribution in [0.25, 0.3) is 0 Å². The van der Waals surface area contributed by atoms with Crippen LogP contribution < -0.4 is 5.32 Å². The zero-order valence-corrected chi connectivity index (χ0v) is 10.0. The first kappa shape index (κ1) is 12.1. The number of alkyl carbamates (subject to hydrolysis) is 1. The van der Waals surface area contributed by atoms with Gasteiger partial charge in [0, 0.05) is 6.42 Å². The maximum atomic E-state index is 11.2. The van der Waals surface area contributed by atoms with Gasteiger partial charge in [-0.1, -0.05) is 31.9 Å². The summed E-state index contributed by atoms with van der Waals surface area (Å²) in [6.07, 6.45) is 3.73. The highest BCUT2D eigenvalue weighted by molar-refractivity contribution is 5.70. The van der Waals surface area contributed by atoms with Crippen LogP contribution in [-0.4, -0.2) is 18.2 Å². The molecule has 1 amide bonds. The third kappa shape index (κ3) is 3.26. The average molecular weight is 211 g/mol. The second kappa shape index (κ2) is 5.19. The summed E-state index contributed by atoms with van der Waals surface area (Å²) in [4.78, 5) is 11.2. The zero-order chi connectivity index (χ0) is 11.4. The number of amides is 1. The molecule has 3 atom stereocenters. The number of carbonyl (C=O) groups is 1. The maximum Gasteiger partial charge on any atom is 0.407 e. The molecule has 0 aromatic rings. The molecule has 86 valence electrons. The number of carbonyl (C=O) groups excluding carboxylic acids is 1. The first-order valence-corrected chi connectivity index (χ1v) is 5.65. The minimum Gasteiger partial charge on any atom is -0.444 e. The van der Waals surface area contributed by atoms with Crippen LogP contribution in [0.15, 0.2) is 11.6 Å². The molecule has 0 spiro atoms. The van der Waals surface area contributed by atoms with E-state index in [4.69, 9.17) is 4.74 Å². The lowest BCUT2D eigenvalue weighted by Gasteiger charge is -2.21. The third-order valence-electron chi connectivity index (χ3n) is 2.96. The lowest BCUT2D eigenvalue weighted by atomic mass is 9.93. The van der Waals surface area contributed by atoms with E-state index in [0.29, 0.717) is 5.92 Å².